The third kappa shape index (κ3) is 2.82. The summed E-state index contributed by atoms with van der Waals surface area (Å²) in [7, 11) is 2.08. The van der Waals surface area contributed by atoms with Gasteiger partial charge in [0, 0.05) is 10.5 Å². The van der Waals surface area contributed by atoms with Crippen LogP contribution in [0.4, 0.5) is 0 Å². The molecule has 1 unspecified atom stereocenters. The molecule has 0 aromatic heterocycles. The van der Waals surface area contributed by atoms with Gasteiger partial charge in [0.25, 0.3) is 0 Å². The molecular formula is C13H18BrNS. The molecule has 1 fully saturated rings. The van der Waals surface area contributed by atoms with Crippen LogP contribution in [0.15, 0.2) is 28.7 Å². The molecule has 0 spiro atoms. The Balaban J connectivity index is 2.18. The fourth-order valence-electron chi connectivity index (χ4n) is 2.42. The van der Waals surface area contributed by atoms with Gasteiger partial charge in [-0.15, -0.1) is 0 Å². The quantitative estimate of drug-likeness (QED) is 0.910. The monoisotopic (exact) mass is 299 g/mol. The van der Waals surface area contributed by atoms with Gasteiger partial charge in [0.2, 0.25) is 0 Å². The maximum absolute atomic E-state index is 3.66. The SMILES string of the molecule is CNC(c1ccccc1Br)C1CCSCC1. The lowest BCUT2D eigenvalue weighted by Crippen LogP contribution is -2.28. The maximum Gasteiger partial charge on any atom is 0.0357 e. The van der Waals surface area contributed by atoms with E-state index in [2.05, 4.69) is 64.3 Å². The lowest BCUT2D eigenvalue weighted by molar-refractivity contribution is 0.357. The van der Waals surface area contributed by atoms with E-state index in [4.69, 9.17) is 0 Å². The van der Waals surface area contributed by atoms with Gasteiger partial charge < -0.3 is 5.32 Å². The molecule has 1 saturated heterocycles. The van der Waals surface area contributed by atoms with Crippen molar-refractivity contribution in [2.24, 2.45) is 5.92 Å². The third-order valence-corrected chi connectivity index (χ3v) is 5.06. The van der Waals surface area contributed by atoms with Crippen molar-refractivity contribution in [3.8, 4) is 0 Å². The summed E-state index contributed by atoms with van der Waals surface area (Å²) in [5, 5.41) is 3.49. The molecule has 88 valence electrons. The first-order valence-corrected chi connectivity index (χ1v) is 7.77. The number of hydrogen-bond acceptors (Lipinski definition) is 2. The predicted molar refractivity (Wildman–Crippen MR) is 76.0 cm³/mol. The van der Waals surface area contributed by atoms with Gasteiger partial charge in [-0.05, 0) is 48.9 Å². The highest BCUT2D eigenvalue weighted by atomic mass is 79.9. The van der Waals surface area contributed by atoms with Crippen LogP contribution in [0, 0.1) is 5.92 Å². The van der Waals surface area contributed by atoms with Crippen LogP contribution in [0.25, 0.3) is 0 Å². The Hall–Kier alpha value is 0.01000. The number of rotatable bonds is 3. The van der Waals surface area contributed by atoms with Crippen molar-refractivity contribution >= 4 is 27.7 Å². The standard InChI is InChI=1S/C13H18BrNS/c1-15-13(10-6-8-16-9-7-10)11-4-2-3-5-12(11)14/h2-5,10,13,15H,6-9H2,1H3. The van der Waals surface area contributed by atoms with Gasteiger partial charge in [0.1, 0.15) is 0 Å². The van der Waals surface area contributed by atoms with Crippen molar-refractivity contribution < 1.29 is 0 Å². The Morgan fingerprint density at radius 2 is 2.00 bits per heavy atom. The highest BCUT2D eigenvalue weighted by Gasteiger charge is 2.24. The summed E-state index contributed by atoms with van der Waals surface area (Å²) >= 11 is 5.75. The van der Waals surface area contributed by atoms with Crippen LogP contribution in [0.5, 0.6) is 0 Å². The first-order valence-electron chi connectivity index (χ1n) is 5.82. The number of halogens is 1. The molecule has 0 aliphatic carbocycles. The topological polar surface area (TPSA) is 12.0 Å². The van der Waals surface area contributed by atoms with E-state index in [0.717, 1.165) is 5.92 Å². The molecule has 1 nitrogen and oxygen atoms in total. The van der Waals surface area contributed by atoms with Crippen molar-refractivity contribution in [2.75, 3.05) is 18.6 Å². The normalized spacial score (nSPS) is 19.6. The molecule has 2 rings (SSSR count). The van der Waals surface area contributed by atoms with Crippen molar-refractivity contribution in [1.82, 2.24) is 5.32 Å². The predicted octanol–water partition coefficient (Wildman–Crippen LogP) is 3.85. The number of hydrogen-bond donors (Lipinski definition) is 1. The zero-order valence-electron chi connectivity index (χ0n) is 9.58. The minimum absolute atomic E-state index is 0.497. The van der Waals surface area contributed by atoms with E-state index in [1.807, 2.05) is 0 Å². The molecule has 1 atom stereocenters. The van der Waals surface area contributed by atoms with Gasteiger partial charge in [0.05, 0.1) is 0 Å². The average Bonchev–Trinajstić information content (AvgIpc) is 2.34. The molecule has 3 heteroatoms. The zero-order valence-corrected chi connectivity index (χ0v) is 12.0. The summed E-state index contributed by atoms with van der Waals surface area (Å²) in [4.78, 5) is 0. The van der Waals surface area contributed by atoms with Gasteiger partial charge in [-0.3, -0.25) is 0 Å². The molecule has 0 radical (unpaired) electrons. The molecule has 1 aliphatic rings. The van der Waals surface area contributed by atoms with Crippen molar-refractivity contribution in [1.29, 1.82) is 0 Å². The molecule has 0 saturated carbocycles. The first-order chi connectivity index (χ1) is 7.83. The Labute approximate surface area is 111 Å². The van der Waals surface area contributed by atoms with Crippen molar-refractivity contribution in [3.63, 3.8) is 0 Å². The smallest absolute Gasteiger partial charge is 0.0357 e. The number of benzene rings is 1. The molecule has 16 heavy (non-hydrogen) atoms. The summed E-state index contributed by atoms with van der Waals surface area (Å²) in [5.41, 5.74) is 1.40. The van der Waals surface area contributed by atoms with Crippen LogP contribution in [0.1, 0.15) is 24.4 Å². The van der Waals surface area contributed by atoms with Crippen LogP contribution < -0.4 is 5.32 Å². The van der Waals surface area contributed by atoms with E-state index in [0.29, 0.717) is 6.04 Å². The van der Waals surface area contributed by atoms with E-state index in [-0.39, 0.29) is 0 Å². The molecule has 1 N–H and O–H groups in total. The van der Waals surface area contributed by atoms with E-state index in [1.165, 1.54) is 34.4 Å². The second kappa shape index (κ2) is 6.08. The zero-order chi connectivity index (χ0) is 11.4. The lowest BCUT2D eigenvalue weighted by atomic mass is 9.88. The van der Waals surface area contributed by atoms with Crippen molar-refractivity contribution in [2.45, 2.75) is 18.9 Å². The molecule has 1 heterocycles. The van der Waals surface area contributed by atoms with E-state index >= 15 is 0 Å². The minimum atomic E-state index is 0.497. The average molecular weight is 300 g/mol. The fraction of sp³-hybridized carbons (Fsp3) is 0.538. The minimum Gasteiger partial charge on any atom is -0.313 e. The highest BCUT2D eigenvalue weighted by Crippen LogP contribution is 2.35. The molecule has 0 bridgehead atoms. The Bertz CT molecular complexity index is 336. The van der Waals surface area contributed by atoms with E-state index < -0.39 is 0 Å². The Morgan fingerprint density at radius 3 is 2.62 bits per heavy atom. The van der Waals surface area contributed by atoms with Crippen LogP contribution in [0.2, 0.25) is 0 Å². The largest absolute Gasteiger partial charge is 0.313 e. The van der Waals surface area contributed by atoms with Gasteiger partial charge in [0.15, 0.2) is 0 Å². The summed E-state index contributed by atoms with van der Waals surface area (Å²) < 4.78 is 1.23. The summed E-state index contributed by atoms with van der Waals surface area (Å²) in [6.07, 6.45) is 2.66. The second-order valence-corrected chi connectivity index (χ2v) is 6.32. The second-order valence-electron chi connectivity index (χ2n) is 4.24. The molecular weight excluding hydrogens is 282 g/mol. The third-order valence-electron chi connectivity index (χ3n) is 3.29. The van der Waals surface area contributed by atoms with E-state index in [1.54, 1.807) is 0 Å². The van der Waals surface area contributed by atoms with Gasteiger partial charge >= 0.3 is 0 Å². The van der Waals surface area contributed by atoms with Gasteiger partial charge in [-0.1, -0.05) is 34.1 Å². The summed E-state index contributed by atoms with van der Waals surface area (Å²) in [6, 6.07) is 9.07. The summed E-state index contributed by atoms with van der Waals surface area (Å²) in [6.45, 7) is 0. The Morgan fingerprint density at radius 1 is 1.31 bits per heavy atom. The van der Waals surface area contributed by atoms with E-state index in [9.17, 15) is 0 Å². The van der Waals surface area contributed by atoms with Crippen molar-refractivity contribution in [3.05, 3.63) is 34.3 Å². The van der Waals surface area contributed by atoms with Gasteiger partial charge in [-0.2, -0.15) is 11.8 Å². The first kappa shape index (κ1) is 12.5. The van der Waals surface area contributed by atoms with Crippen LogP contribution in [-0.2, 0) is 0 Å². The molecule has 1 aromatic carbocycles. The van der Waals surface area contributed by atoms with Gasteiger partial charge in [-0.25, -0.2) is 0 Å². The molecule has 1 aromatic rings. The lowest BCUT2D eigenvalue weighted by Gasteiger charge is -2.30. The summed E-state index contributed by atoms with van der Waals surface area (Å²) in [5.74, 6) is 3.41. The number of nitrogens with one attached hydrogen (secondary N) is 1. The maximum atomic E-state index is 3.66. The molecule has 0 amide bonds. The van der Waals surface area contributed by atoms with Crippen LogP contribution >= 0.6 is 27.7 Å². The fourth-order valence-corrected chi connectivity index (χ4v) is 4.10. The van der Waals surface area contributed by atoms with Crippen LogP contribution in [0.3, 0.4) is 0 Å². The number of thioether (sulfide) groups is 1. The molecule has 1 aliphatic heterocycles. The van der Waals surface area contributed by atoms with Crippen LogP contribution in [-0.4, -0.2) is 18.6 Å². The highest BCUT2D eigenvalue weighted by molar-refractivity contribution is 9.10. The Kier molecular flexibility index (Phi) is 4.74.